The van der Waals surface area contributed by atoms with E-state index < -0.39 is 10.0 Å². The molecule has 1 unspecified atom stereocenters. The van der Waals surface area contributed by atoms with E-state index in [1.54, 1.807) is 24.7 Å². The number of anilines is 1. The fourth-order valence-corrected chi connectivity index (χ4v) is 5.77. The minimum atomic E-state index is -3.63. The second kappa shape index (κ2) is 10.3. The molecule has 1 aliphatic heterocycles. The molecule has 1 fully saturated rings. The van der Waals surface area contributed by atoms with Crippen molar-refractivity contribution in [3.8, 4) is 0 Å². The van der Waals surface area contributed by atoms with Crippen LogP contribution in [0.25, 0.3) is 0 Å². The quantitative estimate of drug-likeness (QED) is 0.565. The molecule has 1 atom stereocenters. The highest BCUT2D eigenvalue weighted by molar-refractivity contribution is 7.89. The molecule has 0 saturated carbocycles. The maximum atomic E-state index is 13.2. The Morgan fingerprint density at radius 1 is 1.16 bits per heavy atom. The predicted octanol–water partition coefficient (Wildman–Crippen LogP) is 2.87. The molecule has 0 bridgehead atoms. The highest BCUT2D eigenvalue weighted by Crippen LogP contribution is 2.26. The van der Waals surface area contributed by atoms with Crippen LogP contribution >= 0.6 is 0 Å². The van der Waals surface area contributed by atoms with Crippen LogP contribution in [-0.2, 0) is 16.6 Å². The van der Waals surface area contributed by atoms with Gasteiger partial charge in [-0.05, 0) is 56.2 Å². The molecule has 32 heavy (non-hydrogen) atoms. The van der Waals surface area contributed by atoms with Crippen molar-refractivity contribution in [2.75, 3.05) is 31.5 Å². The highest BCUT2D eigenvalue weighted by atomic mass is 32.2. The Labute approximate surface area is 189 Å². The molecule has 2 aliphatic rings. The van der Waals surface area contributed by atoms with Gasteiger partial charge < -0.3 is 15.2 Å². The van der Waals surface area contributed by atoms with Crippen molar-refractivity contribution in [1.82, 2.24) is 19.2 Å². The third kappa shape index (κ3) is 5.58. The lowest BCUT2D eigenvalue weighted by Crippen LogP contribution is -2.29. The second-order valence-corrected chi connectivity index (χ2v) is 10.4. The largest absolute Gasteiger partial charge is 0.385 e. The molecular weight excluding hydrogens is 426 g/mol. The first-order chi connectivity index (χ1) is 15.5. The summed E-state index contributed by atoms with van der Waals surface area (Å²) in [6.07, 6.45) is 14.5. The number of hydrogen-bond acceptors (Lipinski definition) is 5. The van der Waals surface area contributed by atoms with E-state index in [4.69, 9.17) is 0 Å². The van der Waals surface area contributed by atoms with Crippen LogP contribution in [0.4, 0.5) is 5.69 Å². The van der Waals surface area contributed by atoms with Gasteiger partial charge in [-0.1, -0.05) is 12.2 Å². The summed E-state index contributed by atoms with van der Waals surface area (Å²) in [4.78, 5) is 17.0. The van der Waals surface area contributed by atoms with Gasteiger partial charge in [-0.3, -0.25) is 4.79 Å². The van der Waals surface area contributed by atoms with Gasteiger partial charge in [0.25, 0.3) is 5.91 Å². The lowest BCUT2D eigenvalue weighted by atomic mass is 9.94. The number of allylic oxidation sites excluding steroid dienone is 2. The van der Waals surface area contributed by atoms with Crippen molar-refractivity contribution in [3.05, 3.63) is 54.6 Å². The molecule has 0 radical (unpaired) electrons. The van der Waals surface area contributed by atoms with Crippen LogP contribution in [0, 0.1) is 5.92 Å². The Kier molecular flexibility index (Phi) is 7.26. The third-order valence-electron chi connectivity index (χ3n) is 6.06. The summed E-state index contributed by atoms with van der Waals surface area (Å²) in [5.41, 5.74) is 1.02. The van der Waals surface area contributed by atoms with E-state index in [2.05, 4.69) is 27.8 Å². The Balaban J connectivity index is 1.51. The average molecular weight is 458 g/mol. The van der Waals surface area contributed by atoms with Gasteiger partial charge in [0.2, 0.25) is 10.0 Å². The van der Waals surface area contributed by atoms with E-state index in [0.29, 0.717) is 43.3 Å². The minimum Gasteiger partial charge on any atom is -0.385 e. The molecule has 2 heterocycles. The van der Waals surface area contributed by atoms with Crippen molar-refractivity contribution >= 4 is 21.6 Å². The Morgan fingerprint density at radius 2 is 2.00 bits per heavy atom. The lowest BCUT2D eigenvalue weighted by molar-refractivity contribution is 0.0952. The van der Waals surface area contributed by atoms with Gasteiger partial charge in [0.15, 0.2) is 0 Å². The summed E-state index contributed by atoms with van der Waals surface area (Å²) in [6, 6.07) is 4.90. The molecule has 1 aromatic carbocycles. The van der Waals surface area contributed by atoms with Crippen molar-refractivity contribution in [3.63, 3.8) is 0 Å². The summed E-state index contributed by atoms with van der Waals surface area (Å²) in [6.45, 7) is 2.83. The number of aromatic nitrogens is 2. The van der Waals surface area contributed by atoms with Crippen LogP contribution in [0.15, 0.2) is 54.0 Å². The number of benzene rings is 1. The first-order valence-corrected chi connectivity index (χ1v) is 12.7. The number of nitrogens with one attached hydrogen (secondary N) is 2. The maximum Gasteiger partial charge on any atom is 0.251 e. The third-order valence-corrected chi connectivity index (χ3v) is 7.94. The van der Waals surface area contributed by atoms with Crippen LogP contribution in [-0.4, -0.2) is 54.4 Å². The van der Waals surface area contributed by atoms with Crippen molar-refractivity contribution < 1.29 is 13.2 Å². The molecule has 1 amide bonds. The Morgan fingerprint density at radius 3 is 2.72 bits per heavy atom. The SMILES string of the molecule is O=C(NCCn1ccnc1)c1cc(NCC2CC=CCC2)cc(S(=O)(=O)N2CCCC2)c1. The van der Waals surface area contributed by atoms with Crippen LogP contribution in [0.3, 0.4) is 0 Å². The molecule has 2 N–H and O–H groups in total. The van der Waals surface area contributed by atoms with Gasteiger partial charge in [0.1, 0.15) is 0 Å². The van der Waals surface area contributed by atoms with Gasteiger partial charge in [0.05, 0.1) is 11.2 Å². The first-order valence-electron chi connectivity index (χ1n) is 11.3. The van der Waals surface area contributed by atoms with Gasteiger partial charge in [0, 0.05) is 56.4 Å². The zero-order valence-corrected chi connectivity index (χ0v) is 19.1. The minimum absolute atomic E-state index is 0.174. The molecule has 1 saturated heterocycles. The summed E-state index contributed by atoms with van der Waals surface area (Å²) in [7, 11) is -3.63. The highest BCUT2D eigenvalue weighted by Gasteiger charge is 2.28. The summed E-state index contributed by atoms with van der Waals surface area (Å²) in [5, 5.41) is 6.27. The second-order valence-electron chi connectivity index (χ2n) is 8.45. The zero-order chi connectivity index (χ0) is 22.4. The smallest absolute Gasteiger partial charge is 0.251 e. The normalized spacial score (nSPS) is 19.2. The fraction of sp³-hybridized carbons (Fsp3) is 0.478. The number of nitrogens with zero attached hydrogens (tertiary/aromatic N) is 3. The molecular formula is C23H31N5O3S. The standard InChI is InChI=1S/C23H31N5O3S/c29-23(25-9-13-27-12-8-24-18-27)20-14-21(26-17-19-6-2-1-3-7-19)16-22(15-20)32(30,31)28-10-4-5-11-28/h1-2,8,12,14-16,18-19,26H,3-7,9-11,13,17H2,(H,25,29). The van der Waals surface area contributed by atoms with E-state index in [1.807, 2.05) is 10.8 Å². The van der Waals surface area contributed by atoms with Crippen LogP contribution in [0.2, 0.25) is 0 Å². The van der Waals surface area contributed by atoms with E-state index in [0.717, 1.165) is 38.6 Å². The summed E-state index contributed by atoms with van der Waals surface area (Å²) >= 11 is 0. The average Bonchev–Trinajstić information content (AvgIpc) is 3.53. The molecule has 4 rings (SSSR count). The number of hydrogen-bond donors (Lipinski definition) is 2. The monoisotopic (exact) mass is 457 g/mol. The number of sulfonamides is 1. The van der Waals surface area contributed by atoms with Crippen molar-refractivity contribution in [1.29, 1.82) is 0 Å². The number of imidazole rings is 1. The van der Waals surface area contributed by atoms with E-state index >= 15 is 0 Å². The van der Waals surface area contributed by atoms with Crippen LogP contribution in [0.1, 0.15) is 42.5 Å². The molecule has 9 heteroatoms. The first kappa shape index (κ1) is 22.5. The van der Waals surface area contributed by atoms with E-state index in [1.165, 1.54) is 10.4 Å². The van der Waals surface area contributed by atoms with Crippen LogP contribution in [0.5, 0.6) is 0 Å². The number of rotatable bonds is 9. The van der Waals surface area contributed by atoms with Crippen molar-refractivity contribution in [2.45, 2.75) is 43.5 Å². The van der Waals surface area contributed by atoms with Crippen molar-refractivity contribution in [2.24, 2.45) is 5.92 Å². The van der Waals surface area contributed by atoms with Gasteiger partial charge in [-0.25, -0.2) is 13.4 Å². The zero-order valence-electron chi connectivity index (χ0n) is 18.2. The van der Waals surface area contributed by atoms with Gasteiger partial charge >= 0.3 is 0 Å². The van der Waals surface area contributed by atoms with E-state index in [9.17, 15) is 13.2 Å². The molecule has 1 aromatic heterocycles. The maximum absolute atomic E-state index is 13.2. The molecule has 172 valence electrons. The van der Waals surface area contributed by atoms with Gasteiger partial charge in [-0.2, -0.15) is 4.31 Å². The topological polar surface area (TPSA) is 96.3 Å². The lowest BCUT2D eigenvalue weighted by Gasteiger charge is -2.21. The van der Waals surface area contributed by atoms with E-state index in [-0.39, 0.29) is 10.8 Å². The number of amides is 1. The molecule has 2 aromatic rings. The summed E-state index contributed by atoms with van der Waals surface area (Å²) < 4.78 is 29.8. The fourth-order valence-electron chi connectivity index (χ4n) is 4.18. The molecule has 0 spiro atoms. The number of carbonyl (C=O) groups is 1. The molecule has 1 aliphatic carbocycles. The molecule has 8 nitrogen and oxygen atoms in total. The van der Waals surface area contributed by atoms with Crippen LogP contribution < -0.4 is 10.6 Å². The Hall–Kier alpha value is -2.65. The Bertz CT molecular complexity index is 1040. The van der Waals surface area contributed by atoms with Gasteiger partial charge in [-0.15, -0.1) is 0 Å². The summed E-state index contributed by atoms with van der Waals surface area (Å²) in [5.74, 6) is 0.221. The number of carbonyl (C=O) groups excluding carboxylic acids is 1. The predicted molar refractivity (Wildman–Crippen MR) is 124 cm³/mol.